The van der Waals surface area contributed by atoms with E-state index in [1.807, 2.05) is 18.5 Å². The Hall–Kier alpha value is -0.930. The molecule has 1 aromatic heterocycles. The number of hydrogen-bond donors (Lipinski definition) is 1. The molecule has 0 spiro atoms. The standard InChI is InChI=1S/C14H23N3/c1-3-12(2)14-10-16-7-8-17(14)11-13-5-4-6-15-9-13/h4-6,9,12,14,16H,3,7-8,10-11H2,1-2H3. The molecule has 1 N–H and O–H groups in total. The van der Waals surface area contributed by atoms with Gasteiger partial charge in [0.25, 0.3) is 0 Å². The van der Waals surface area contributed by atoms with Crippen LogP contribution < -0.4 is 5.32 Å². The third-order valence-corrected chi connectivity index (χ3v) is 3.81. The molecular formula is C14H23N3. The Morgan fingerprint density at radius 2 is 2.47 bits per heavy atom. The molecule has 3 heteroatoms. The maximum atomic E-state index is 4.20. The van der Waals surface area contributed by atoms with Crippen molar-refractivity contribution >= 4 is 0 Å². The number of piperazine rings is 1. The molecule has 2 atom stereocenters. The molecule has 1 fully saturated rings. The number of hydrogen-bond acceptors (Lipinski definition) is 3. The number of nitrogens with zero attached hydrogens (tertiary/aromatic N) is 2. The van der Waals surface area contributed by atoms with Gasteiger partial charge in [0.15, 0.2) is 0 Å². The van der Waals surface area contributed by atoms with E-state index in [1.54, 1.807) is 0 Å². The molecule has 0 aromatic carbocycles. The summed E-state index contributed by atoms with van der Waals surface area (Å²) in [6.45, 7) is 9.03. The third kappa shape index (κ3) is 3.27. The highest BCUT2D eigenvalue weighted by atomic mass is 15.2. The largest absolute Gasteiger partial charge is 0.314 e. The van der Waals surface area contributed by atoms with Crippen LogP contribution in [-0.4, -0.2) is 35.6 Å². The van der Waals surface area contributed by atoms with Crippen molar-refractivity contribution in [1.29, 1.82) is 0 Å². The van der Waals surface area contributed by atoms with Gasteiger partial charge in [0.1, 0.15) is 0 Å². The molecule has 94 valence electrons. The van der Waals surface area contributed by atoms with Crippen LogP contribution in [0.25, 0.3) is 0 Å². The predicted molar refractivity (Wildman–Crippen MR) is 70.8 cm³/mol. The summed E-state index contributed by atoms with van der Waals surface area (Å²) in [5.74, 6) is 0.750. The Morgan fingerprint density at radius 1 is 1.59 bits per heavy atom. The molecule has 1 aliphatic heterocycles. The molecule has 1 saturated heterocycles. The van der Waals surface area contributed by atoms with Crippen molar-refractivity contribution < 1.29 is 0 Å². The lowest BCUT2D eigenvalue weighted by Crippen LogP contribution is -2.53. The summed E-state index contributed by atoms with van der Waals surface area (Å²) in [5, 5.41) is 3.51. The van der Waals surface area contributed by atoms with Crippen molar-refractivity contribution in [3.8, 4) is 0 Å². The molecular weight excluding hydrogens is 210 g/mol. The van der Waals surface area contributed by atoms with Crippen LogP contribution in [-0.2, 0) is 6.54 Å². The summed E-state index contributed by atoms with van der Waals surface area (Å²) in [6, 6.07) is 4.85. The van der Waals surface area contributed by atoms with Crippen molar-refractivity contribution in [2.45, 2.75) is 32.9 Å². The molecule has 2 heterocycles. The van der Waals surface area contributed by atoms with Crippen LogP contribution in [0.1, 0.15) is 25.8 Å². The van der Waals surface area contributed by atoms with Gasteiger partial charge in [0.05, 0.1) is 0 Å². The number of rotatable bonds is 4. The van der Waals surface area contributed by atoms with Crippen LogP contribution in [0.2, 0.25) is 0 Å². The van der Waals surface area contributed by atoms with E-state index >= 15 is 0 Å². The second-order valence-corrected chi connectivity index (χ2v) is 4.99. The Balaban J connectivity index is 2.01. The molecule has 17 heavy (non-hydrogen) atoms. The van der Waals surface area contributed by atoms with Crippen LogP contribution in [0.15, 0.2) is 24.5 Å². The van der Waals surface area contributed by atoms with E-state index < -0.39 is 0 Å². The monoisotopic (exact) mass is 233 g/mol. The van der Waals surface area contributed by atoms with E-state index in [1.165, 1.54) is 12.0 Å². The van der Waals surface area contributed by atoms with E-state index in [9.17, 15) is 0 Å². The van der Waals surface area contributed by atoms with Crippen LogP contribution in [0, 0.1) is 5.92 Å². The smallest absolute Gasteiger partial charge is 0.0312 e. The Bertz CT molecular complexity index is 325. The molecule has 1 aromatic rings. The molecule has 0 amide bonds. The first-order valence-corrected chi connectivity index (χ1v) is 6.65. The molecule has 0 radical (unpaired) electrons. The fourth-order valence-corrected chi connectivity index (χ4v) is 2.52. The van der Waals surface area contributed by atoms with Crippen molar-refractivity contribution in [1.82, 2.24) is 15.2 Å². The second kappa shape index (κ2) is 6.12. The fraction of sp³-hybridized carbons (Fsp3) is 0.643. The predicted octanol–water partition coefficient (Wildman–Crippen LogP) is 1.90. The van der Waals surface area contributed by atoms with Crippen molar-refractivity contribution in [2.75, 3.05) is 19.6 Å². The van der Waals surface area contributed by atoms with Crippen LogP contribution >= 0.6 is 0 Å². The van der Waals surface area contributed by atoms with Crippen LogP contribution in [0.5, 0.6) is 0 Å². The molecule has 0 aliphatic carbocycles. The highest BCUT2D eigenvalue weighted by Crippen LogP contribution is 2.18. The van der Waals surface area contributed by atoms with Gasteiger partial charge in [-0.3, -0.25) is 9.88 Å². The average Bonchev–Trinajstić information content (AvgIpc) is 2.40. The Morgan fingerprint density at radius 3 is 3.18 bits per heavy atom. The lowest BCUT2D eigenvalue weighted by molar-refractivity contribution is 0.109. The summed E-state index contributed by atoms with van der Waals surface area (Å²) in [5.41, 5.74) is 1.32. The van der Waals surface area contributed by atoms with Gasteiger partial charge in [-0.25, -0.2) is 0 Å². The van der Waals surface area contributed by atoms with Crippen LogP contribution in [0.4, 0.5) is 0 Å². The molecule has 0 bridgehead atoms. The minimum Gasteiger partial charge on any atom is -0.314 e. The quantitative estimate of drug-likeness (QED) is 0.861. The lowest BCUT2D eigenvalue weighted by Gasteiger charge is -2.39. The van der Waals surface area contributed by atoms with Gasteiger partial charge in [0.2, 0.25) is 0 Å². The van der Waals surface area contributed by atoms with Crippen molar-refractivity contribution in [3.63, 3.8) is 0 Å². The maximum Gasteiger partial charge on any atom is 0.0312 e. The lowest BCUT2D eigenvalue weighted by atomic mass is 9.95. The van der Waals surface area contributed by atoms with Gasteiger partial charge in [-0.1, -0.05) is 26.3 Å². The molecule has 0 saturated carbocycles. The topological polar surface area (TPSA) is 28.2 Å². The minimum absolute atomic E-state index is 0.661. The number of pyridine rings is 1. The Kier molecular flexibility index (Phi) is 4.51. The summed E-state index contributed by atoms with van der Waals surface area (Å²) in [6.07, 6.45) is 5.07. The Labute approximate surface area is 104 Å². The van der Waals surface area contributed by atoms with E-state index in [2.05, 4.69) is 35.1 Å². The molecule has 1 aliphatic rings. The molecule has 2 rings (SSSR count). The third-order valence-electron chi connectivity index (χ3n) is 3.81. The fourth-order valence-electron chi connectivity index (χ4n) is 2.52. The van der Waals surface area contributed by atoms with Gasteiger partial charge >= 0.3 is 0 Å². The average molecular weight is 233 g/mol. The van der Waals surface area contributed by atoms with Crippen molar-refractivity contribution in [3.05, 3.63) is 30.1 Å². The van der Waals surface area contributed by atoms with Gasteiger partial charge in [0, 0.05) is 44.6 Å². The van der Waals surface area contributed by atoms with Crippen LogP contribution in [0.3, 0.4) is 0 Å². The zero-order chi connectivity index (χ0) is 12.1. The second-order valence-electron chi connectivity index (χ2n) is 4.99. The van der Waals surface area contributed by atoms with Gasteiger partial charge in [-0.15, -0.1) is 0 Å². The highest BCUT2D eigenvalue weighted by Gasteiger charge is 2.25. The zero-order valence-electron chi connectivity index (χ0n) is 10.9. The number of aromatic nitrogens is 1. The summed E-state index contributed by atoms with van der Waals surface area (Å²) in [4.78, 5) is 6.80. The maximum absolute atomic E-state index is 4.20. The van der Waals surface area contributed by atoms with E-state index in [4.69, 9.17) is 0 Å². The van der Waals surface area contributed by atoms with Gasteiger partial charge in [-0.05, 0) is 17.5 Å². The number of nitrogens with one attached hydrogen (secondary N) is 1. The summed E-state index contributed by atoms with van der Waals surface area (Å²) >= 11 is 0. The summed E-state index contributed by atoms with van der Waals surface area (Å²) in [7, 11) is 0. The zero-order valence-corrected chi connectivity index (χ0v) is 10.9. The first-order chi connectivity index (χ1) is 8.31. The van der Waals surface area contributed by atoms with Gasteiger partial charge in [-0.2, -0.15) is 0 Å². The first-order valence-electron chi connectivity index (χ1n) is 6.65. The van der Waals surface area contributed by atoms with E-state index in [0.717, 1.165) is 32.1 Å². The molecule has 2 unspecified atom stereocenters. The normalized spacial score (nSPS) is 23.5. The SMILES string of the molecule is CCC(C)C1CNCCN1Cc1cccnc1. The minimum atomic E-state index is 0.661. The summed E-state index contributed by atoms with van der Waals surface area (Å²) < 4.78 is 0. The van der Waals surface area contributed by atoms with Gasteiger partial charge < -0.3 is 5.32 Å². The first kappa shape index (κ1) is 12.5. The highest BCUT2D eigenvalue weighted by molar-refractivity contribution is 5.08. The van der Waals surface area contributed by atoms with E-state index in [-0.39, 0.29) is 0 Å². The molecule has 3 nitrogen and oxygen atoms in total. The van der Waals surface area contributed by atoms with Crippen molar-refractivity contribution in [2.24, 2.45) is 5.92 Å². The van der Waals surface area contributed by atoms with E-state index in [0.29, 0.717) is 6.04 Å².